The van der Waals surface area contributed by atoms with Crippen molar-refractivity contribution in [3.8, 4) is 0 Å². The highest BCUT2D eigenvalue weighted by molar-refractivity contribution is 7.68. The number of rotatable bonds is 3. The van der Waals surface area contributed by atoms with Gasteiger partial charge in [-0.3, -0.25) is 4.79 Å². The maximum atomic E-state index is 12.6. The Kier molecular flexibility index (Phi) is 4.07. The minimum absolute atomic E-state index is 0.0903. The molecule has 1 heterocycles. The van der Waals surface area contributed by atoms with E-state index in [0.29, 0.717) is 5.91 Å². The number of amides is 1. The molecule has 0 aliphatic carbocycles. The minimum atomic E-state index is -0.549. The van der Waals surface area contributed by atoms with Crippen molar-refractivity contribution in [3.63, 3.8) is 0 Å². The van der Waals surface area contributed by atoms with Crippen LogP contribution in [0.25, 0.3) is 0 Å². The fourth-order valence-corrected chi connectivity index (χ4v) is 6.23. The summed E-state index contributed by atoms with van der Waals surface area (Å²) in [5, 5.41) is 1.32. The van der Waals surface area contributed by atoms with Gasteiger partial charge in [0.05, 0.1) is 11.4 Å². The largest absolute Gasteiger partial charge is 0.331 e. The van der Waals surface area contributed by atoms with Gasteiger partial charge in [0.1, 0.15) is 0 Å². The van der Waals surface area contributed by atoms with Crippen LogP contribution in [0, 0.1) is 0 Å². The summed E-state index contributed by atoms with van der Waals surface area (Å²) < 4.78 is 0. The summed E-state index contributed by atoms with van der Waals surface area (Å²) >= 11 is 0. The molecule has 3 rings (SSSR count). The van der Waals surface area contributed by atoms with E-state index in [1.54, 1.807) is 0 Å². The van der Waals surface area contributed by atoms with Crippen molar-refractivity contribution in [1.82, 2.24) is 4.90 Å². The van der Waals surface area contributed by atoms with Crippen LogP contribution in [0.15, 0.2) is 60.7 Å². The molecule has 0 bridgehead atoms. The Morgan fingerprint density at radius 2 is 1.57 bits per heavy atom. The van der Waals surface area contributed by atoms with E-state index >= 15 is 0 Å². The number of carbonyl (C=O) groups is 1. The summed E-state index contributed by atoms with van der Waals surface area (Å²) in [6.45, 7) is 4.94. The van der Waals surface area contributed by atoms with Gasteiger partial charge in [-0.05, 0) is 32.6 Å². The van der Waals surface area contributed by atoms with Crippen molar-refractivity contribution in [2.75, 3.05) is 6.54 Å². The third-order valence-corrected chi connectivity index (χ3v) is 7.16. The molecular formula is C18H20NOP. The predicted octanol–water partition coefficient (Wildman–Crippen LogP) is 3.74. The predicted molar refractivity (Wildman–Crippen MR) is 89.0 cm³/mol. The highest BCUT2D eigenvalue weighted by atomic mass is 31.1. The van der Waals surface area contributed by atoms with Crippen LogP contribution in [0.5, 0.6) is 0 Å². The fraction of sp³-hybridized carbons (Fsp3) is 0.278. The van der Waals surface area contributed by atoms with Gasteiger partial charge in [-0.15, -0.1) is 0 Å². The van der Waals surface area contributed by atoms with Crippen LogP contribution in [0.2, 0.25) is 0 Å². The molecular weight excluding hydrogens is 277 g/mol. The lowest BCUT2D eigenvalue weighted by molar-refractivity contribution is -0.129. The van der Waals surface area contributed by atoms with Gasteiger partial charge in [0.15, 0.2) is 0 Å². The topological polar surface area (TPSA) is 20.3 Å². The van der Waals surface area contributed by atoms with Gasteiger partial charge < -0.3 is 4.90 Å². The molecule has 21 heavy (non-hydrogen) atoms. The lowest BCUT2D eigenvalue weighted by atomic mass is 10.2. The first-order valence-electron chi connectivity index (χ1n) is 7.43. The average molecular weight is 297 g/mol. The van der Waals surface area contributed by atoms with Crippen LogP contribution in [-0.2, 0) is 4.79 Å². The van der Waals surface area contributed by atoms with Crippen molar-refractivity contribution < 1.29 is 4.79 Å². The standard InChI is InChI=1S/C18H20NOP/c1-3-19-17(20)14(2)21(16-12-8-5-9-13-16)18(19)15-10-6-4-7-11-15/h4-14,18H,3H2,1-2H3/t14-,18+,21-/m0/s1. The van der Waals surface area contributed by atoms with E-state index in [-0.39, 0.29) is 11.4 Å². The van der Waals surface area contributed by atoms with Gasteiger partial charge in [-0.1, -0.05) is 60.7 Å². The summed E-state index contributed by atoms with van der Waals surface area (Å²) in [7, 11) is -0.549. The zero-order valence-corrected chi connectivity index (χ0v) is 13.3. The third-order valence-electron chi connectivity index (χ3n) is 4.11. The summed E-state index contributed by atoms with van der Waals surface area (Å²) in [5.41, 5.74) is 1.35. The van der Waals surface area contributed by atoms with Gasteiger partial charge in [-0.25, -0.2) is 0 Å². The van der Waals surface area contributed by atoms with Crippen molar-refractivity contribution in [1.29, 1.82) is 0 Å². The van der Waals surface area contributed by atoms with Crippen LogP contribution in [0.1, 0.15) is 25.2 Å². The Balaban J connectivity index is 2.09. The average Bonchev–Trinajstić information content (AvgIpc) is 2.80. The van der Waals surface area contributed by atoms with Gasteiger partial charge in [0, 0.05) is 6.54 Å². The summed E-state index contributed by atoms with van der Waals surface area (Å²) in [5.74, 6) is 0.498. The SMILES string of the molecule is CCN1C(=O)[C@H](C)[P@@](c2ccccc2)[C@@H]1c1ccccc1. The lowest BCUT2D eigenvalue weighted by Crippen LogP contribution is -2.29. The molecule has 3 atom stereocenters. The van der Waals surface area contributed by atoms with Crippen LogP contribution in [0.3, 0.4) is 0 Å². The fourth-order valence-electron chi connectivity index (χ4n) is 3.10. The van der Waals surface area contributed by atoms with E-state index in [1.807, 2.05) is 12.1 Å². The van der Waals surface area contributed by atoms with Gasteiger partial charge >= 0.3 is 0 Å². The van der Waals surface area contributed by atoms with Crippen molar-refractivity contribution in [2.45, 2.75) is 25.3 Å². The van der Waals surface area contributed by atoms with Crippen LogP contribution in [0.4, 0.5) is 0 Å². The third kappa shape index (κ3) is 2.49. The summed E-state index contributed by atoms with van der Waals surface area (Å²) in [6, 6.07) is 21.0. The second-order valence-electron chi connectivity index (χ2n) is 5.33. The molecule has 0 saturated carbocycles. The zero-order chi connectivity index (χ0) is 14.8. The number of benzene rings is 2. The molecule has 1 saturated heterocycles. The molecule has 0 aromatic heterocycles. The molecule has 1 amide bonds. The van der Waals surface area contributed by atoms with E-state index in [2.05, 4.69) is 67.3 Å². The Labute approximate surface area is 127 Å². The number of hydrogen-bond acceptors (Lipinski definition) is 1. The molecule has 2 nitrogen and oxygen atoms in total. The highest BCUT2D eigenvalue weighted by Crippen LogP contribution is 2.60. The monoisotopic (exact) mass is 297 g/mol. The summed E-state index contributed by atoms with van der Waals surface area (Å²) in [4.78, 5) is 14.7. The zero-order valence-electron chi connectivity index (χ0n) is 12.4. The smallest absolute Gasteiger partial charge is 0.230 e. The van der Waals surface area contributed by atoms with Crippen molar-refractivity contribution in [3.05, 3.63) is 66.2 Å². The second-order valence-corrected chi connectivity index (χ2v) is 7.92. The molecule has 1 fully saturated rings. The molecule has 1 aliphatic heterocycles. The maximum absolute atomic E-state index is 12.6. The molecule has 0 spiro atoms. The number of carbonyl (C=O) groups excluding carboxylic acids is 1. The maximum Gasteiger partial charge on any atom is 0.230 e. The summed E-state index contributed by atoms with van der Waals surface area (Å²) in [6.07, 6.45) is 0. The first-order valence-corrected chi connectivity index (χ1v) is 8.91. The molecule has 3 heteroatoms. The highest BCUT2D eigenvalue weighted by Gasteiger charge is 2.45. The Morgan fingerprint density at radius 1 is 1.00 bits per heavy atom. The normalized spacial score (nSPS) is 25.3. The van der Waals surface area contributed by atoms with Crippen LogP contribution >= 0.6 is 7.92 Å². The number of hydrogen-bond donors (Lipinski definition) is 0. The molecule has 0 radical (unpaired) electrons. The van der Waals surface area contributed by atoms with Gasteiger partial charge in [-0.2, -0.15) is 0 Å². The molecule has 1 aliphatic rings. The first-order chi connectivity index (χ1) is 10.2. The minimum Gasteiger partial charge on any atom is -0.331 e. The molecule has 2 aromatic rings. The Bertz CT molecular complexity index is 614. The van der Waals surface area contributed by atoms with Gasteiger partial charge in [0.25, 0.3) is 0 Å². The molecule has 2 aromatic carbocycles. The molecule has 0 N–H and O–H groups in total. The van der Waals surface area contributed by atoms with E-state index in [0.717, 1.165) is 6.54 Å². The van der Waals surface area contributed by atoms with Crippen molar-refractivity contribution >= 4 is 19.1 Å². The lowest BCUT2D eigenvalue weighted by Gasteiger charge is -2.28. The van der Waals surface area contributed by atoms with Crippen LogP contribution in [-0.4, -0.2) is 23.0 Å². The Morgan fingerprint density at radius 3 is 2.14 bits per heavy atom. The van der Waals surface area contributed by atoms with E-state index in [4.69, 9.17) is 0 Å². The first kappa shape index (κ1) is 14.3. The second kappa shape index (κ2) is 5.99. The van der Waals surface area contributed by atoms with Crippen LogP contribution < -0.4 is 5.30 Å². The van der Waals surface area contributed by atoms with Crippen molar-refractivity contribution in [2.24, 2.45) is 0 Å². The van der Waals surface area contributed by atoms with E-state index in [1.165, 1.54) is 10.9 Å². The molecule has 108 valence electrons. The molecule has 0 unspecified atom stereocenters. The number of nitrogens with zero attached hydrogens (tertiary/aromatic N) is 1. The van der Waals surface area contributed by atoms with Gasteiger partial charge in [0.2, 0.25) is 5.91 Å². The Hall–Kier alpha value is -1.66. The van der Waals surface area contributed by atoms with E-state index < -0.39 is 7.92 Å². The quantitative estimate of drug-likeness (QED) is 0.790. The van der Waals surface area contributed by atoms with E-state index in [9.17, 15) is 4.79 Å².